The summed E-state index contributed by atoms with van der Waals surface area (Å²) in [6.07, 6.45) is 3.70. The molecule has 2 aromatic rings. The molecule has 3 aliphatic carbocycles. The molecule has 2 amide bonds. The Hall–Kier alpha value is -3.91. The molecule has 8 heteroatoms. The van der Waals surface area contributed by atoms with Gasteiger partial charge < -0.3 is 5.11 Å². The van der Waals surface area contributed by atoms with Crippen LogP contribution in [-0.4, -0.2) is 34.3 Å². The van der Waals surface area contributed by atoms with Gasteiger partial charge in [0.1, 0.15) is 5.75 Å². The molecule has 1 fully saturated rings. The third-order valence-corrected chi connectivity index (χ3v) is 8.66. The third kappa shape index (κ3) is 3.58. The number of anilines is 1. The monoisotopic (exact) mass is 571 g/mol. The summed E-state index contributed by atoms with van der Waals surface area (Å²) in [6.45, 7) is 1.45. The number of Topliss-reactive ketones (excluding diaryl/α,β-unsaturated/α-hetero) is 2. The number of phenolic OH excluding ortho intramolecular Hbond substituents is 1. The molecular weight excluding hydrogens is 550 g/mol. The third-order valence-electron chi connectivity index (χ3n) is 8.07. The van der Waals surface area contributed by atoms with Gasteiger partial charge >= 0.3 is 0 Å². The summed E-state index contributed by atoms with van der Waals surface area (Å²) in [5.41, 5.74) is 3.04. The Morgan fingerprint density at radius 3 is 2.42 bits per heavy atom. The van der Waals surface area contributed by atoms with Crippen LogP contribution in [0.1, 0.15) is 41.6 Å². The fraction of sp³-hybridized carbons (Fsp3) is 0.233. The molecule has 0 bridgehead atoms. The summed E-state index contributed by atoms with van der Waals surface area (Å²) < 4.78 is 0.164. The molecule has 1 heterocycles. The molecule has 4 aliphatic rings. The first-order valence-electron chi connectivity index (χ1n) is 12.3. The first-order valence-corrected chi connectivity index (χ1v) is 13.1. The fourth-order valence-corrected chi connectivity index (χ4v) is 6.84. The second-order valence-electron chi connectivity index (χ2n) is 10.1. The van der Waals surface area contributed by atoms with Gasteiger partial charge in [-0.2, -0.15) is 0 Å². The van der Waals surface area contributed by atoms with Crippen LogP contribution in [0.15, 0.2) is 81.9 Å². The predicted octanol–water partition coefficient (Wildman–Crippen LogP) is 4.56. The lowest BCUT2D eigenvalue weighted by Gasteiger charge is -2.42. The van der Waals surface area contributed by atoms with Gasteiger partial charge in [0.05, 0.1) is 22.0 Å². The van der Waals surface area contributed by atoms with Gasteiger partial charge in [0.15, 0.2) is 17.3 Å². The van der Waals surface area contributed by atoms with Gasteiger partial charge in [-0.1, -0.05) is 23.8 Å². The molecule has 1 aliphatic heterocycles. The average molecular weight is 572 g/mol. The Labute approximate surface area is 226 Å². The molecule has 190 valence electrons. The molecule has 4 atom stereocenters. The van der Waals surface area contributed by atoms with Crippen molar-refractivity contribution in [3.8, 4) is 5.75 Å². The number of fused-ring (bicyclic) bond motifs is 3. The molecule has 7 nitrogen and oxygen atoms in total. The van der Waals surface area contributed by atoms with E-state index in [1.54, 1.807) is 42.5 Å². The quantitative estimate of drug-likeness (QED) is 0.250. The Morgan fingerprint density at radius 1 is 1.00 bits per heavy atom. The van der Waals surface area contributed by atoms with E-state index < -0.39 is 23.7 Å². The molecule has 1 saturated heterocycles. The number of allylic oxidation sites excluding steroid dienone is 6. The Bertz CT molecular complexity index is 1560. The summed E-state index contributed by atoms with van der Waals surface area (Å²) in [6, 6.07) is 13.0. The minimum atomic E-state index is -0.698. The Balaban J connectivity index is 1.45. The number of ketones is 3. The lowest BCUT2D eigenvalue weighted by molar-refractivity contribution is -0.123. The number of carbonyl (C=O) groups is 5. The molecule has 0 spiro atoms. The van der Waals surface area contributed by atoms with Crippen molar-refractivity contribution >= 4 is 50.8 Å². The maximum absolute atomic E-state index is 13.9. The minimum Gasteiger partial charge on any atom is -0.508 e. The van der Waals surface area contributed by atoms with E-state index in [-0.39, 0.29) is 45.8 Å². The van der Waals surface area contributed by atoms with E-state index in [2.05, 4.69) is 15.9 Å². The number of benzene rings is 2. The fourth-order valence-electron chi connectivity index (χ4n) is 6.39. The number of aromatic hydroxyl groups is 1. The highest BCUT2D eigenvalue weighted by Crippen LogP contribution is 2.55. The molecular formula is C30H22BrNO6. The standard InChI is InChI=1S/C30H22BrNO6/c1-14(33)15-5-7-17(8-6-15)32-29(37)20-10-9-19-21(26(20)30(32)38)12-22-27(24(35)13-23(31)28(22)36)25(19)16-3-2-4-18(34)11-16/h2-9,11,13,20-21,25-26,34H,10,12H2,1H3/t20-,21+,25-,26-/m0/s1. The number of hydrogen-bond donors (Lipinski definition) is 1. The first-order chi connectivity index (χ1) is 18.2. The maximum atomic E-state index is 13.9. The van der Waals surface area contributed by atoms with Crippen LogP contribution in [0.3, 0.4) is 0 Å². The van der Waals surface area contributed by atoms with Crippen LogP contribution in [0.4, 0.5) is 5.69 Å². The van der Waals surface area contributed by atoms with E-state index in [1.165, 1.54) is 24.0 Å². The van der Waals surface area contributed by atoms with Crippen molar-refractivity contribution in [2.24, 2.45) is 17.8 Å². The molecule has 0 saturated carbocycles. The molecule has 0 aromatic heterocycles. The SMILES string of the molecule is CC(=O)c1ccc(N2C(=O)[C@H]3[C@H](CC=C4[C@H](c5cccc(O)c5)C5=C(C[C@H]43)C(=O)C(Br)=CC5=O)C2=O)cc1. The number of nitrogens with zero attached hydrogens (tertiary/aromatic N) is 1. The Morgan fingerprint density at radius 2 is 1.74 bits per heavy atom. The van der Waals surface area contributed by atoms with Crippen molar-refractivity contribution in [2.45, 2.75) is 25.7 Å². The summed E-state index contributed by atoms with van der Waals surface area (Å²) in [4.78, 5) is 66.7. The summed E-state index contributed by atoms with van der Waals surface area (Å²) in [5, 5.41) is 10.2. The minimum absolute atomic E-state index is 0.0275. The second kappa shape index (κ2) is 8.84. The van der Waals surface area contributed by atoms with Crippen molar-refractivity contribution in [3.05, 3.63) is 93.0 Å². The van der Waals surface area contributed by atoms with E-state index in [1.807, 2.05) is 6.08 Å². The topological polar surface area (TPSA) is 109 Å². The Kier molecular flexibility index (Phi) is 5.68. The van der Waals surface area contributed by atoms with Crippen LogP contribution in [0.25, 0.3) is 0 Å². The highest BCUT2D eigenvalue weighted by molar-refractivity contribution is 9.12. The normalized spacial score (nSPS) is 26.5. The van der Waals surface area contributed by atoms with Crippen molar-refractivity contribution in [3.63, 3.8) is 0 Å². The number of rotatable bonds is 3. The largest absolute Gasteiger partial charge is 0.508 e. The van der Waals surface area contributed by atoms with Gasteiger partial charge in [-0.05, 0) is 83.6 Å². The van der Waals surface area contributed by atoms with Crippen molar-refractivity contribution in [2.75, 3.05) is 4.90 Å². The number of imide groups is 1. The van der Waals surface area contributed by atoms with Crippen LogP contribution in [0, 0.1) is 17.8 Å². The lowest BCUT2D eigenvalue weighted by atomic mass is 9.59. The number of phenols is 1. The number of carbonyl (C=O) groups excluding carboxylic acids is 5. The van der Waals surface area contributed by atoms with Gasteiger partial charge in [0.2, 0.25) is 11.8 Å². The van der Waals surface area contributed by atoms with Gasteiger partial charge in [-0.25, -0.2) is 0 Å². The molecule has 38 heavy (non-hydrogen) atoms. The molecule has 0 unspecified atom stereocenters. The zero-order chi connectivity index (χ0) is 26.9. The van der Waals surface area contributed by atoms with E-state index in [9.17, 15) is 29.1 Å². The molecule has 6 rings (SSSR count). The molecule has 2 aromatic carbocycles. The predicted molar refractivity (Wildman–Crippen MR) is 142 cm³/mol. The summed E-state index contributed by atoms with van der Waals surface area (Å²) in [5.74, 6) is -3.72. The van der Waals surface area contributed by atoms with Gasteiger partial charge in [0, 0.05) is 28.7 Å². The summed E-state index contributed by atoms with van der Waals surface area (Å²) >= 11 is 3.21. The average Bonchev–Trinajstić information content (AvgIpc) is 3.15. The number of halogens is 1. The van der Waals surface area contributed by atoms with Crippen LogP contribution in [-0.2, 0) is 19.2 Å². The van der Waals surface area contributed by atoms with Crippen LogP contribution in [0.2, 0.25) is 0 Å². The first kappa shape index (κ1) is 24.4. The van der Waals surface area contributed by atoms with Gasteiger partial charge in [-0.15, -0.1) is 0 Å². The number of amides is 2. The van der Waals surface area contributed by atoms with Gasteiger partial charge in [0.25, 0.3) is 0 Å². The maximum Gasteiger partial charge on any atom is 0.238 e. The van der Waals surface area contributed by atoms with E-state index >= 15 is 0 Å². The smallest absolute Gasteiger partial charge is 0.238 e. The van der Waals surface area contributed by atoms with Crippen molar-refractivity contribution < 1.29 is 29.1 Å². The van der Waals surface area contributed by atoms with Crippen LogP contribution >= 0.6 is 15.9 Å². The van der Waals surface area contributed by atoms with Crippen molar-refractivity contribution in [1.82, 2.24) is 0 Å². The lowest BCUT2D eigenvalue weighted by Crippen LogP contribution is -2.39. The highest BCUT2D eigenvalue weighted by Gasteiger charge is 2.56. The van der Waals surface area contributed by atoms with Crippen LogP contribution in [0.5, 0.6) is 5.75 Å². The molecule has 1 N–H and O–H groups in total. The van der Waals surface area contributed by atoms with Gasteiger partial charge in [-0.3, -0.25) is 28.9 Å². The van der Waals surface area contributed by atoms with E-state index in [0.717, 1.165) is 5.57 Å². The summed E-state index contributed by atoms with van der Waals surface area (Å²) in [7, 11) is 0. The van der Waals surface area contributed by atoms with E-state index in [4.69, 9.17) is 0 Å². The zero-order valence-corrected chi connectivity index (χ0v) is 21.9. The second-order valence-corrected chi connectivity index (χ2v) is 11.0. The van der Waals surface area contributed by atoms with Crippen LogP contribution < -0.4 is 4.90 Å². The zero-order valence-electron chi connectivity index (χ0n) is 20.3. The van der Waals surface area contributed by atoms with Crippen molar-refractivity contribution in [1.29, 1.82) is 0 Å². The molecule has 0 radical (unpaired) electrons. The number of hydrogen-bond acceptors (Lipinski definition) is 6. The highest BCUT2D eigenvalue weighted by atomic mass is 79.9. The van der Waals surface area contributed by atoms with E-state index in [0.29, 0.717) is 34.4 Å².